The molecule has 106 valence electrons. The molecule has 0 aliphatic carbocycles. The maximum Gasteiger partial charge on any atom is 0.122 e. The van der Waals surface area contributed by atoms with Crippen LogP contribution in [0.2, 0.25) is 0 Å². The Morgan fingerprint density at radius 3 is 2.63 bits per heavy atom. The molecule has 0 aromatic heterocycles. The van der Waals surface area contributed by atoms with Gasteiger partial charge in [-0.25, -0.2) is 0 Å². The van der Waals surface area contributed by atoms with Gasteiger partial charge in [0.25, 0.3) is 0 Å². The third kappa shape index (κ3) is 2.93. The molecule has 0 bridgehead atoms. The molecule has 2 N–H and O–H groups in total. The second-order valence-corrected chi connectivity index (χ2v) is 5.73. The summed E-state index contributed by atoms with van der Waals surface area (Å²) < 4.78 is 11.1. The van der Waals surface area contributed by atoms with E-state index in [9.17, 15) is 0 Å². The van der Waals surface area contributed by atoms with Crippen molar-refractivity contribution in [1.82, 2.24) is 0 Å². The first kappa shape index (κ1) is 14.4. The van der Waals surface area contributed by atoms with Crippen molar-refractivity contribution in [1.29, 1.82) is 0 Å². The Balaban J connectivity index is 2.21. The Hall–Kier alpha value is -1.06. The lowest BCUT2D eigenvalue weighted by molar-refractivity contribution is -0.0702. The first-order valence-corrected chi connectivity index (χ1v) is 7.13. The summed E-state index contributed by atoms with van der Waals surface area (Å²) in [5.41, 5.74) is 8.49. The SMILES string of the molecule is CCOc1ccc(C2(CC(C)CN)COC2)cc1C. The van der Waals surface area contributed by atoms with Gasteiger partial charge in [-0.2, -0.15) is 0 Å². The highest BCUT2D eigenvalue weighted by Gasteiger charge is 2.41. The Kier molecular flexibility index (Phi) is 4.48. The number of hydrogen-bond donors (Lipinski definition) is 1. The Bertz CT molecular complexity index is 427. The van der Waals surface area contributed by atoms with Crippen LogP contribution in [0.15, 0.2) is 18.2 Å². The van der Waals surface area contributed by atoms with Gasteiger partial charge < -0.3 is 15.2 Å². The number of ether oxygens (including phenoxy) is 2. The minimum Gasteiger partial charge on any atom is -0.494 e. The van der Waals surface area contributed by atoms with Crippen molar-refractivity contribution in [2.75, 3.05) is 26.4 Å². The lowest BCUT2D eigenvalue weighted by Crippen LogP contribution is -2.48. The van der Waals surface area contributed by atoms with Crippen LogP contribution < -0.4 is 10.5 Å². The van der Waals surface area contributed by atoms with Gasteiger partial charge in [0.15, 0.2) is 0 Å². The van der Waals surface area contributed by atoms with E-state index in [4.69, 9.17) is 15.2 Å². The zero-order valence-electron chi connectivity index (χ0n) is 12.2. The summed E-state index contributed by atoms with van der Waals surface area (Å²) in [4.78, 5) is 0. The molecular formula is C16H25NO2. The highest BCUT2D eigenvalue weighted by molar-refractivity contribution is 5.40. The average molecular weight is 263 g/mol. The summed E-state index contributed by atoms with van der Waals surface area (Å²) in [6.45, 7) is 9.39. The second-order valence-electron chi connectivity index (χ2n) is 5.73. The fourth-order valence-electron chi connectivity index (χ4n) is 2.80. The molecule has 1 aromatic carbocycles. The van der Waals surface area contributed by atoms with Crippen molar-refractivity contribution in [3.05, 3.63) is 29.3 Å². The van der Waals surface area contributed by atoms with Crippen LogP contribution in [-0.4, -0.2) is 26.4 Å². The van der Waals surface area contributed by atoms with Gasteiger partial charge in [-0.15, -0.1) is 0 Å². The van der Waals surface area contributed by atoms with Crippen LogP contribution in [0.1, 0.15) is 31.4 Å². The van der Waals surface area contributed by atoms with Gasteiger partial charge in [0.2, 0.25) is 0 Å². The minimum absolute atomic E-state index is 0.161. The molecule has 1 aliphatic heterocycles. The van der Waals surface area contributed by atoms with Gasteiger partial charge in [0.1, 0.15) is 5.75 Å². The number of aryl methyl sites for hydroxylation is 1. The van der Waals surface area contributed by atoms with Crippen LogP contribution >= 0.6 is 0 Å². The topological polar surface area (TPSA) is 44.5 Å². The molecule has 2 rings (SSSR count). The first-order chi connectivity index (χ1) is 9.11. The van der Waals surface area contributed by atoms with E-state index in [1.54, 1.807) is 0 Å². The molecule has 0 saturated carbocycles. The maximum atomic E-state index is 5.77. The van der Waals surface area contributed by atoms with Crippen LogP contribution in [0.25, 0.3) is 0 Å². The van der Waals surface area contributed by atoms with Crippen LogP contribution in [-0.2, 0) is 10.2 Å². The summed E-state index contributed by atoms with van der Waals surface area (Å²) in [6, 6.07) is 6.52. The first-order valence-electron chi connectivity index (χ1n) is 7.13. The smallest absolute Gasteiger partial charge is 0.122 e. The van der Waals surface area contributed by atoms with Gasteiger partial charge in [0.05, 0.1) is 19.8 Å². The standard InChI is InChI=1S/C16H25NO2/c1-4-19-15-6-5-14(7-13(15)3)16(10-18-11-16)8-12(2)9-17/h5-7,12H,4,8-11,17H2,1-3H3. The van der Waals surface area contributed by atoms with Gasteiger partial charge >= 0.3 is 0 Å². The zero-order chi connectivity index (χ0) is 13.9. The van der Waals surface area contributed by atoms with E-state index in [0.29, 0.717) is 12.5 Å². The monoisotopic (exact) mass is 263 g/mol. The van der Waals surface area contributed by atoms with Crippen molar-refractivity contribution in [2.45, 2.75) is 32.6 Å². The van der Waals surface area contributed by atoms with Crippen molar-refractivity contribution in [3.8, 4) is 5.75 Å². The largest absolute Gasteiger partial charge is 0.494 e. The molecule has 0 amide bonds. The quantitative estimate of drug-likeness (QED) is 0.858. The third-order valence-electron chi connectivity index (χ3n) is 3.99. The second kappa shape index (κ2) is 5.93. The van der Waals surface area contributed by atoms with Crippen molar-refractivity contribution >= 4 is 0 Å². The molecule has 1 atom stereocenters. The number of hydrogen-bond acceptors (Lipinski definition) is 3. The molecule has 1 saturated heterocycles. The van der Waals surface area contributed by atoms with Gasteiger partial charge in [-0.3, -0.25) is 0 Å². The van der Waals surface area contributed by atoms with E-state index in [1.807, 2.05) is 6.92 Å². The molecule has 1 fully saturated rings. The number of nitrogens with two attached hydrogens (primary N) is 1. The molecule has 3 heteroatoms. The van der Waals surface area contributed by atoms with Crippen LogP contribution in [0.3, 0.4) is 0 Å². The zero-order valence-corrected chi connectivity index (χ0v) is 12.2. The summed E-state index contributed by atoms with van der Waals surface area (Å²) in [5.74, 6) is 1.50. The normalized spacial score (nSPS) is 18.7. The Morgan fingerprint density at radius 2 is 2.16 bits per heavy atom. The average Bonchev–Trinajstić information content (AvgIpc) is 2.36. The van der Waals surface area contributed by atoms with Crippen LogP contribution in [0, 0.1) is 12.8 Å². The fourth-order valence-corrected chi connectivity index (χ4v) is 2.80. The molecule has 1 heterocycles. The highest BCUT2D eigenvalue weighted by Crippen LogP contribution is 2.39. The molecule has 19 heavy (non-hydrogen) atoms. The fraction of sp³-hybridized carbons (Fsp3) is 0.625. The molecule has 1 unspecified atom stereocenters. The summed E-state index contributed by atoms with van der Waals surface area (Å²) in [5, 5.41) is 0. The van der Waals surface area contributed by atoms with E-state index in [0.717, 1.165) is 31.9 Å². The lowest BCUT2D eigenvalue weighted by Gasteiger charge is -2.43. The highest BCUT2D eigenvalue weighted by atomic mass is 16.5. The van der Waals surface area contributed by atoms with E-state index < -0.39 is 0 Å². The molecule has 1 aliphatic rings. The van der Waals surface area contributed by atoms with Crippen molar-refractivity contribution < 1.29 is 9.47 Å². The van der Waals surface area contributed by atoms with Crippen molar-refractivity contribution in [3.63, 3.8) is 0 Å². The van der Waals surface area contributed by atoms with Crippen LogP contribution in [0.5, 0.6) is 5.75 Å². The molecule has 0 spiro atoms. The van der Waals surface area contributed by atoms with Crippen molar-refractivity contribution in [2.24, 2.45) is 11.7 Å². The minimum atomic E-state index is 0.161. The van der Waals surface area contributed by atoms with Gasteiger partial charge in [-0.05, 0) is 49.9 Å². The van der Waals surface area contributed by atoms with Gasteiger partial charge in [-0.1, -0.05) is 19.1 Å². The predicted octanol–water partition coefficient (Wildman–Crippen LogP) is 2.65. The molecule has 0 radical (unpaired) electrons. The number of benzene rings is 1. The summed E-state index contributed by atoms with van der Waals surface area (Å²) >= 11 is 0. The van der Waals surface area contributed by atoms with E-state index in [2.05, 4.69) is 32.0 Å². The van der Waals surface area contributed by atoms with E-state index in [1.165, 1.54) is 11.1 Å². The Morgan fingerprint density at radius 1 is 1.42 bits per heavy atom. The third-order valence-corrected chi connectivity index (χ3v) is 3.99. The molecule has 1 aromatic rings. The van der Waals surface area contributed by atoms with E-state index in [-0.39, 0.29) is 5.41 Å². The molecule has 3 nitrogen and oxygen atoms in total. The van der Waals surface area contributed by atoms with Gasteiger partial charge in [0, 0.05) is 5.41 Å². The molecular weight excluding hydrogens is 238 g/mol. The van der Waals surface area contributed by atoms with Crippen LogP contribution in [0.4, 0.5) is 0 Å². The maximum absolute atomic E-state index is 5.77. The predicted molar refractivity (Wildman–Crippen MR) is 77.7 cm³/mol. The lowest BCUT2D eigenvalue weighted by atomic mass is 9.72. The Labute approximate surface area is 116 Å². The van der Waals surface area contributed by atoms with E-state index >= 15 is 0 Å². The summed E-state index contributed by atoms with van der Waals surface area (Å²) in [6.07, 6.45) is 1.09. The number of rotatable bonds is 6. The summed E-state index contributed by atoms with van der Waals surface area (Å²) in [7, 11) is 0.